The molecule has 0 aromatic heterocycles. The lowest BCUT2D eigenvalue weighted by Crippen LogP contribution is -2.14. The molecule has 84 valence electrons. The smallest absolute Gasteiger partial charge is 0.127 e. The molecule has 0 radical (unpaired) electrons. The first kappa shape index (κ1) is 12.2. The summed E-state index contributed by atoms with van der Waals surface area (Å²) in [5.41, 5.74) is 7.05. The summed E-state index contributed by atoms with van der Waals surface area (Å²) in [5, 5.41) is 0. The van der Waals surface area contributed by atoms with Crippen LogP contribution in [0, 0.1) is 0 Å². The van der Waals surface area contributed by atoms with E-state index in [-0.39, 0.29) is 6.04 Å². The van der Waals surface area contributed by atoms with Gasteiger partial charge in [-0.25, -0.2) is 0 Å². The van der Waals surface area contributed by atoms with E-state index in [4.69, 9.17) is 15.2 Å². The zero-order valence-corrected chi connectivity index (χ0v) is 10.1. The van der Waals surface area contributed by atoms with E-state index in [2.05, 4.69) is 0 Å². The highest BCUT2D eigenvalue weighted by atomic mass is 32.2. The van der Waals surface area contributed by atoms with Gasteiger partial charge in [-0.05, 0) is 12.3 Å². The van der Waals surface area contributed by atoms with Crippen LogP contribution in [0.3, 0.4) is 0 Å². The number of hydrogen-bond acceptors (Lipinski definition) is 4. The number of thioether (sulfide) groups is 1. The van der Waals surface area contributed by atoms with Crippen LogP contribution < -0.4 is 15.2 Å². The highest BCUT2D eigenvalue weighted by molar-refractivity contribution is 7.98. The Kier molecular flexibility index (Phi) is 4.78. The largest absolute Gasteiger partial charge is 0.497 e. The topological polar surface area (TPSA) is 44.5 Å². The van der Waals surface area contributed by atoms with Crippen molar-refractivity contribution in [3.63, 3.8) is 0 Å². The van der Waals surface area contributed by atoms with E-state index < -0.39 is 0 Å². The maximum atomic E-state index is 6.03. The van der Waals surface area contributed by atoms with Gasteiger partial charge in [0.05, 0.1) is 14.2 Å². The van der Waals surface area contributed by atoms with Crippen molar-refractivity contribution < 1.29 is 9.47 Å². The zero-order valence-electron chi connectivity index (χ0n) is 9.32. The molecule has 0 aliphatic rings. The first-order chi connectivity index (χ1) is 7.22. The lowest BCUT2D eigenvalue weighted by Gasteiger charge is -2.15. The first-order valence-corrected chi connectivity index (χ1v) is 6.08. The summed E-state index contributed by atoms with van der Waals surface area (Å²) in [6.07, 6.45) is 2.04. The molecule has 1 atom stereocenters. The Labute approximate surface area is 94.9 Å². The molecular formula is C11H17NO2S. The summed E-state index contributed by atoms with van der Waals surface area (Å²) in [7, 11) is 3.28. The monoisotopic (exact) mass is 227 g/mol. The van der Waals surface area contributed by atoms with Crippen molar-refractivity contribution in [2.24, 2.45) is 5.73 Å². The minimum Gasteiger partial charge on any atom is -0.497 e. The standard InChI is InChI=1S/C11H17NO2S/c1-13-8-4-5-9(10(12)7-15-3)11(6-8)14-2/h4-6,10H,7,12H2,1-3H3. The van der Waals surface area contributed by atoms with Gasteiger partial charge in [-0.3, -0.25) is 0 Å². The van der Waals surface area contributed by atoms with Gasteiger partial charge < -0.3 is 15.2 Å². The number of benzene rings is 1. The molecule has 2 N–H and O–H groups in total. The van der Waals surface area contributed by atoms with Gasteiger partial charge in [0, 0.05) is 23.4 Å². The minimum atomic E-state index is 0.000793. The first-order valence-electron chi connectivity index (χ1n) is 4.69. The SMILES string of the molecule is COc1ccc(C(N)CSC)c(OC)c1. The molecule has 1 unspecified atom stereocenters. The van der Waals surface area contributed by atoms with Gasteiger partial charge in [-0.15, -0.1) is 0 Å². The van der Waals surface area contributed by atoms with Crippen LogP contribution in [0.5, 0.6) is 11.5 Å². The zero-order chi connectivity index (χ0) is 11.3. The van der Waals surface area contributed by atoms with Crippen LogP contribution >= 0.6 is 11.8 Å². The number of rotatable bonds is 5. The van der Waals surface area contributed by atoms with Crippen molar-refractivity contribution in [2.45, 2.75) is 6.04 Å². The Morgan fingerprint density at radius 1 is 1.33 bits per heavy atom. The fourth-order valence-corrected chi connectivity index (χ4v) is 1.93. The molecule has 0 bridgehead atoms. The lowest BCUT2D eigenvalue weighted by molar-refractivity contribution is 0.389. The third kappa shape index (κ3) is 3.04. The van der Waals surface area contributed by atoms with E-state index in [0.29, 0.717) is 0 Å². The van der Waals surface area contributed by atoms with Gasteiger partial charge in [-0.2, -0.15) is 11.8 Å². The molecule has 0 amide bonds. The Morgan fingerprint density at radius 2 is 2.07 bits per heavy atom. The van der Waals surface area contributed by atoms with Crippen LogP contribution in [-0.4, -0.2) is 26.2 Å². The van der Waals surface area contributed by atoms with Crippen molar-refractivity contribution in [1.29, 1.82) is 0 Å². The molecule has 4 heteroatoms. The number of methoxy groups -OCH3 is 2. The molecule has 0 aliphatic heterocycles. The van der Waals surface area contributed by atoms with E-state index in [1.807, 2.05) is 24.5 Å². The van der Waals surface area contributed by atoms with Crippen molar-refractivity contribution in [3.8, 4) is 11.5 Å². The molecular weight excluding hydrogens is 210 g/mol. The van der Waals surface area contributed by atoms with Crippen LogP contribution in [0.15, 0.2) is 18.2 Å². The Balaban J connectivity index is 2.96. The number of hydrogen-bond donors (Lipinski definition) is 1. The van der Waals surface area contributed by atoms with Gasteiger partial charge in [0.25, 0.3) is 0 Å². The third-order valence-corrected chi connectivity index (χ3v) is 2.88. The fraction of sp³-hybridized carbons (Fsp3) is 0.455. The Morgan fingerprint density at radius 3 is 2.60 bits per heavy atom. The van der Waals surface area contributed by atoms with Gasteiger partial charge in [0.2, 0.25) is 0 Å². The molecule has 0 aliphatic carbocycles. The minimum absolute atomic E-state index is 0.000793. The molecule has 0 saturated heterocycles. The highest BCUT2D eigenvalue weighted by Crippen LogP contribution is 2.29. The van der Waals surface area contributed by atoms with E-state index in [9.17, 15) is 0 Å². The average Bonchev–Trinajstić information content (AvgIpc) is 2.28. The van der Waals surface area contributed by atoms with Gasteiger partial charge in [-0.1, -0.05) is 6.07 Å². The second kappa shape index (κ2) is 5.88. The van der Waals surface area contributed by atoms with Crippen LogP contribution in [0.2, 0.25) is 0 Å². The molecule has 1 aromatic carbocycles. The summed E-state index contributed by atoms with van der Waals surface area (Å²) >= 11 is 1.72. The second-order valence-corrected chi connectivity index (χ2v) is 4.08. The van der Waals surface area contributed by atoms with E-state index in [1.54, 1.807) is 26.0 Å². The van der Waals surface area contributed by atoms with Crippen molar-refractivity contribution in [2.75, 3.05) is 26.2 Å². The third-order valence-electron chi connectivity index (χ3n) is 2.19. The number of ether oxygens (including phenoxy) is 2. The van der Waals surface area contributed by atoms with Crippen LogP contribution in [-0.2, 0) is 0 Å². The Bertz CT molecular complexity index is 317. The maximum Gasteiger partial charge on any atom is 0.127 e. The van der Waals surface area contributed by atoms with E-state index in [0.717, 1.165) is 22.8 Å². The van der Waals surface area contributed by atoms with E-state index >= 15 is 0 Å². The molecule has 15 heavy (non-hydrogen) atoms. The molecule has 0 saturated carbocycles. The van der Waals surface area contributed by atoms with Crippen molar-refractivity contribution in [1.82, 2.24) is 0 Å². The molecule has 1 aromatic rings. The quantitative estimate of drug-likeness (QED) is 0.836. The molecule has 0 heterocycles. The van der Waals surface area contributed by atoms with Gasteiger partial charge in [0.1, 0.15) is 11.5 Å². The van der Waals surface area contributed by atoms with Crippen molar-refractivity contribution in [3.05, 3.63) is 23.8 Å². The maximum absolute atomic E-state index is 6.03. The highest BCUT2D eigenvalue weighted by Gasteiger charge is 2.12. The number of nitrogens with two attached hydrogens (primary N) is 1. The van der Waals surface area contributed by atoms with E-state index in [1.165, 1.54) is 0 Å². The summed E-state index contributed by atoms with van der Waals surface area (Å²) < 4.78 is 10.4. The summed E-state index contributed by atoms with van der Waals surface area (Å²) in [4.78, 5) is 0. The normalized spacial score (nSPS) is 12.3. The summed E-state index contributed by atoms with van der Waals surface area (Å²) in [5.74, 6) is 2.45. The molecule has 0 fully saturated rings. The lowest BCUT2D eigenvalue weighted by atomic mass is 10.1. The van der Waals surface area contributed by atoms with Crippen LogP contribution in [0.1, 0.15) is 11.6 Å². The van der Waals surface area contributed by atoms with Crippen LogP contribution in [0.4, 0.5) is 0 Å². The second-order valence-electron chi connectivity index (χ2n) is 3.17. The van der Waals surface area contributed by atoms with Crippen LogP contribution in [0.25, 0.3) is 0 Å². The fourth-order valence-electron chi connectivity index (χ4n) is 1.39. The molecule has 0 spiro atoms. The van der Waals surface area contributed by atoms with Gasteiger partial charge >= 0.3 is 0 Å². The van der Waals surface area contributed by atoms with Gasteiger partial charge in [0.15, 0.2) is 0 Å². The average molecular weight is 227 g/mol. The predicted molar refractivity (Wildman–Crippen MR) is 64.9 cm³/mol. The molecule has 3 nitrogen and oxygen atoms in total. The Hall–Kier alpha value is -0.870. The summed E-state index contributed by atoms with van der Waals surface area (Å²) in [6.45, 7) is 0. The predicted octanol–water partition coefficient (Wildman–Crippen LogP) is 2.07. The van der Waals surface area contributed by atoms with Crippen molar-refractivity contribution >= 4 is 11.8 Å². The summed E-state index contributed by atoms with van der Waals surface area (Å²) in [6, 6.07) is 5.72. The molecule has 1 rings (SSSR count).